The number of esters is 1. The maximum absolute atomic E-state index is 12.8. The highest BCUT2D eigenvalue weighted by Crippen LogP contribution is 2.30. The maximum atomic E-state index is 12.8. The molecule has 1 N–H and O–H groups in total. The number of aromatic nitrogens is 5. The molecule has 0 saturated heterocycles. The average molecular weight is 515 g/mol. The lowest BCUT2D eigenvalue weighted by Gasteiger charge is -2.26. The molecule has 12 heteroatoms. The number of aryl methyl sites for hydroxylation is 1. The van der Waals surface area contributed by atoms with E-state index < -0.39 is 12.5 Å². The van der Waals surface area contributed by atoms with Gasteiger partial charge in [0.2, 0.25) is 5.82 Å². The van der Waals surface area contributed by atoms with Gasteiger partial charge in [-0.2, -0.15) is 13.6 Å². The Morgan fingerprint density at radius 1 is 1.16 bits per heavy atom. The SMILES string of the molecule is COC(=O)C1CCC(Cn2nnc(-c3cc(C)nc(C(=O)NCc4cccc(OC(F)F)c4)c3)n2)CC1. The lowest BCUT2D eigenvalue weighted by atomic mass is 9.82. The number of alkyl halides is 2. The Kier molecular flexibility index (Phi) is 8.36. The van der Waals surface area contributed by atoms with Gasteiger partial charge in [0.1, 0.15) is 11.4 Å². The number of benzene rings is 1. The summed E-state index contributed by atoms with van der Waals surface area (Å²) >= 11 is 0. The third kappa shape index (κ3) is 7.05. The predicted octanol–water partition coefficient (Wildman–Crippen LogP) is 3.55. The number of nitrogens with zero attached hydrogens (tertiary/aromatic N) is 5. The van der Waals surface area contributed by atoms with Crippen molar-refractivity contribution in [2.75, 3.05) is 7.11 Å². The molecule has 0 aliphatic heterocycles. The molecule has 196 valence electrons. The minimum atomic E-state index is -2.92. The zero-order valence-corrected chi connectivity index (χ0v) is 20.6. The van der Waals surface area contributed by atoms with Crippen molar-refractivity contribution >= 4 is 11.9 Å². The van der Waals surface area contributed by atoms with Crippen LogP contribution in [0.4, 0.5) is 8.78 Å². The summed E-state index contributed by atoms with van der Waals surface area (Å²) in [5.41, 5.74) is 1.98. The molecule has 10 nitrogen and oxygen atoms in total. The summed E-state index contributed by atoms with van der Waals surface area (Å²) in [6, 6.07) is 9.47. The quantitative estimate of drug-likeness (QED) is 0.431. The van der Waals surface area contributed by atoms with Gasteiger partial charge in [0, 0.05) is 17.8 Å². The summed E-state index contributed by atoms with van der Waals surface area (Å²) in [6.45, 7) is -0.466. The van der Waals surface area contributed by atoms with Crippen molar-refractivity contribution in [3.63, 3.8) is 0 Å². The minimum absolute atomic E-state index is 0.0170. The van der Waals surface area contributed by atoms with Crippen LogP contribution in [-0.2, 0) is 22.6 Å². The molecule has 0 radical (unpaired) electrons. The summed E-state index contributed by atoms with van der Waals surface area (Å²) in [6.07, 6.45) is 3.33. The van der Waals surface area contributed by atoms with Gasteiger partial charge in [-0.3, -0.25) is 9.59 Å². The van der Waals surface area contributed by atoms with Crippen LogP contribution in [0.5, 0.6) is 5.75 Å². The van der Waals surface area contributed by atoms with E-state index in [1.807, 2.05) is 0 Å². The molecule has 3 aromatic rings. The molecule has 1 aromatic carbocycles. The van der Waals surface area contributed by atoms with Gasteiger partial charge in [0.25, 0.3) is 5.91 Å². The standard InChI is InChI=1S/C25H28F2N6O4/c1-15-10-19(22-30-32-33(31-22)14-16-6-8-18(9-7-16)24(35)36-2)12-21(29-15)23(34)28-13-17-4-3-5-20(11-17)37-25(26)27/h3-5,10-12,16,18,25H,6-9,13-14H2,1-2H3,(H,28,34). The second kappa shape index (κ2) is 11.8. The first-order chi connectivity index (χ1) is 17.8. The highest BCUT2D eigenvalue weighted by molar-refractivity contribution is 5.93. The van der Waals surface area contributed by atoms with Crippen molar-refractivity contribution in [2.24, 2.45) is 11.8 Å². The van der Waals surface area contributed by atoms with Crippen LogP contribution >= 0.6 is 0 Å². The minimum Gasteiger partial charge on any atom is -0.469 e. The first-order valence-electron chi connectivity index (χ1n) is 12.0. The molecule has 1 aliphatic rings. The van der Waals surface area contributed by atoms with E-state index in [1.54, 1.807) is 36.0 Å². The number of amides is 1. The van der Waals surface area contributed by atoms with Crippen LogP contribution in [0.15, 0.2) is 36.4 Å². The van der Waals surface area contributed by atoms with Crippen LogP contribution in [0, 0.1) is 18.8 Å². The molecule has 1 fully saturated rings. The highest BCUT2D eigenvalue weighted by Gasteiger charge is 2.27. The molecule has 0 bridgehead atoms. The summed E-state index contributed by atoms with van der Waals surface area (Å²) in [4.78, 5) is 30.3. The molecule has 0 spiro atoms. The Labute approximate surface area is 212 Å². The number of pyridine rings is 1. The van der Waals surface area contributed by atoms with Crippen molar-refractivity contribution in [1.29, 1.82) is 0 Å². The second-order valence-corrected chi connectivity index (χ2v) is 9.00. The van der Waals surface area contributed by atoms with Gasteiger partial charge in [0.05, 0.1) is 19.6 Å². The number of ether oxygens (including phenoxy) is 2. The number of hydrogen-bond acceptors (Lipinski definition) is 8. The smallest absolute Gasteiger partial charge is 0.387 e. The van der Waals surface area contributed by atoms with Crippen LogP contribution in [0.25, 0.3) is 11.4 Å². The molecular formula is C25H28F2N6O4. The van der Waals surface area contributed by atoms with E-state index in [9.17, 15) is 18.4 Å². The van der Waals surface area contributed by atoms with Crippen molar-refractivity contribution in [1.82, 2.24) is 30.5 Å². The molecule has 0 atom stereocenters. The van der Waals surface area contributed by atoms with Gasteiger partial charge < -0.3 is 14.8 Å². The lowest BCUT2D eigenvalue weighted by Crippen LogP contribution is -2.25. The molecule has 2 aromatic heterocycles. The lowest BCUT2D eigenvalue weighted by molar-refractivity contribution is -0.146. The second-order valence-electron chi connectivity index (χ2n) is 9.00. The summed E-state index contributed by atoms with van der Waals surface area (Å²) < 4.78 is 34.1. The molecule has 1 aliphatic carbocycles. The van der Waals surface area contributed by atoms with E-state index in [-0.39, 0.29) is 29.9 Å². The van der Waals surface area contributed by atoms with Gasteiger partial charge in [-0.25, -0.2) is 4.98 Å². The molecule has 4 rings (SSSR count). The van der Waals surface area contributed by atoms with Crippen molar-refractivity contribution in [3.8, 4) is 17.1 Å². The van der Waals surface area contributed by atoms with Gasteiger partial charge in [-0.15, -0.1) is 10.2 Å². The fourth-order valence-corrected chi connectivity index (χ4v) is 4.43. The van der Waals surface area contributed by atoms with E-state index >= 15 is 0 Å². The summed E-state index contributed by atoms with van der Waals surface area (Å²) in [5, 5.41) is 15.5. The Hall–Kier alpha value is -3.96. The summed E-state index contributed by atoms with van der Waals surface area (Å²) in [5.74, 6) is 0.109. The van der Waals surface area contributed by atoms with E-state index in [0.29, 0.717) is 35.1 Å². The zero-order chi connectivity index (χ0) is 26.4. The monoisotopic (exact) mass is 514 g/mol. The number of nitrogens with one attached hydrogen (secondary N) is 1. The number of carbonyl (C=O) groups is 2. The van der Waals surface area contributed by atoms with E-state index in [1.165, 1.54) is 19.2 Å². The Bertz CT molecular complexity index is 1240. The molecule has 1 amide bonds. The number of tetrazole rings is 1. The first-order valence-corrected chi connectivity index (χ1v) is 12.0. The Morgan fingerprint density at radius 2 is 1.95 bits per heavy atom. The molecular weight excluding hydrogens is 486 g/mol. The van der Waals surface area contributed by atoms with Crippen LogP contribution in [0.3, 0.4) is 0 Å². The van der Waals surface area contributed by atoms with Crippen molar-refractivity contribution in [2.45, 2.75) is 52.3 Å². The van der Waals surface area contributed by atoms with Crippen molar-refractivity contribution < 1.29 is 27.8 Å². The average Bonchev–Trinajstić information content (AvgIpc) is 3.35. The topological polar surface area (TPSA) is 121 Å². The van der Waals surface area contributed by atoms with Crippen LogP contribution in [0.1, 0.15) is 47.4 Å². The fraction of sp³-hybridized carbons (Fsp3) is 0.440. The van der Waals surface area contributed by atoms with Crippen LogP contribution in [-0.4, -0.2) is 50.8 Å². The van der Waals surface area contributed by atoms with Crippen LogP contribution < -0.4 is 10.1 Å². The molecule has 0 unspecified atom stereocenters. The van der Waals surface area contributed by atoms with E-state index in [0.717, 1.165) is 25.7 Å². The van der Waals surface area contributed by atoms with Gasteiger partial charge >= 0.3 is 12.6 Å². The predicted molar refractivity (Wildman–Crippen MR) is 127 cm³/mol. The first kappa shape index (κ1) is 26.1. The van der Waals surface area contributed by atoms with Gasteiger partial charge in [-0.05, 0) is 73.6 Å². The fourth-order valence-electron chi connectivity index (χ4n) is 4.43. The maximum Gasteiger partial charge on any atom is 0.387 e. The summed E-state index contributed by atoms with van der Waals surface area (Å²) in [7, 11) is 1.42. The Morgan fingerprint density at radius 3 is 2.68 bits per heavy atom. The number of methoxy groups -OCH3 is 1. The number of rotatable bonds is 9. The van der Waals surface area contributed by atoms with Gasteiger partial charge in [0.15, 0.2) is 0 Å². The normalized spacial score (nSPS) is 17.4. The van der Waals surface area contributed by atoms with E-state index in [2.05, 4.69) is 30.4 Å². The largest absolute Gasteiger partial charge is 0.469 e. The highest BCUT2D eigenvalue weighted by atomic mass is 19.3. The van der Waals surface area contributed by atoms with Crippen molar-refractivity contribution in [3.05, 3.63) is 53.3 Å². The number of carbonyl (C=O) groups excluding carboxylic acids is 2. The molecule has 2 heterocycles. The third-order valence-corrected chi connectivity index (χ3v) is 6.28. The Balaban J connectivity index is 1.37. The number of hydrogen-bond donors (Lipinski definition) is 1. The number of halogens is 2. The van der Waals surface area contributed by atoms with Gasteiger partial charge in [-0.1, -0.05) is 12.1 Å². The zero-order valence-electron chi connectivity index (χ0n) is 20.6. The molecule has 1 saturated carbocycles. The van der Waals surface area contributed by atoms with E-state index in [4.69, 9.17) is 4.74 Å². The molecule has 37 heavy (non-hydrogen) atoms. The van der Waals surface area contributed by atoms with Crippen LogP contribution in [0.2, 0.25) is 0 Å². The third-order valence-electron chi connectivity index (χ3n) is 6.28.